The number of H-pyrrole nitrogens is 1. The van der Waals surface area contributed by atoms with Gasteiger partial charge in [-0.3, -0.25) is 9.59 Å². The molecule has 0 atom stereocenters. The van der Waals surface area contributed by atoms with E-state index in [4.69, 9.17) is 0 Å². The molecule has 0 saturated carbocycles. The van der Waals surface area contributed by atoms with Crippen LogP contribution >= 0.6 is 0 Å². The molecule has 3 heterocycles. The number of aromatic nitrogens is 2. The topological polar surface area (TPSA) is 86.9 Å². The van der Waals surface area contributed by atoms with Crippen molar-refractivity contribution in [2.45, 2.75) is 6.42 Å². The van der Waals surface area contributed by atoms with Gasteiger partial charge in [0.1, 0.15) is 11.5 Å². The second-order valence-corrected chi connectivity index (χ2v) is 5.80. The molecule has 0 aliphatic carbocycles. The molecule has 1 aromatic carbocycles. The number of nitrogens with zero attached hydrogens (tertiary/aromatic N) is 1. The normalized spacial score (nSPS) is 13.6. The number of hydrogen-bond acceptors (Lipinski definition) is 3. The Hall–Kier alpha value is -3.41. The maximum atomic E-state index is 12.4. The summed E-state index contributed by atoms with van der Waals surface area (Å²) in [7, 11) is 0. The molecule has 6 heteroatoms. The van der Waals surface area contributed by atoms with Crippen molar-refractivity contribution in [1.82, 2.24) is 15.3 Å². The summed E-state index contributed by atoms with van der Waals surface area (Å²) in [6.45, 7) is 0.391. The number of nitrogens with one attached hydrogen (secondary N) is 3. The minimum Gasteiger partial charge on any atom is -0.350 e. The van der Waals surface area contributed by atoms with Crippen LogP contribution in [0.25, 0.3) is 16.5 Å². The first-order valence-corrected chi connectivity index (χ1v) is 8.01. The first-order chi connectivity index (χ1) is 12.2. The fourth-order valence-corrected chi connectivity index (χ4v) is 3.06. The maximum Gasteiger partial charge on any atom is 0.268 e. The molecule has 4 rings (SSSR count). The zero-order valence-corrected chi connectivity index (χ0v) is 13.4. The van der Waals surface area contributed by atoms with Crippen LogP contribution in [0.4, 0.5) is 5.82 Å². The van der Waals surface area contributed by atoms with E-state index >= 15 is 0 Å². The lowest BCUT2D eigenvalue weighted by molar-refractivity contribution is -0.115. The van der Waals surface area contributed by atoms with Crippen LogP contribution in [0.15, 0.2) is 54.7 Å². The molecule has 124 valence electrons. The molecule has 0 fully saturated rings. The number of para-hydroxylation sites is 1. The highest BCUT2D eigenvalue weighted by atomic mass is 16.2. The Morgan fingerprint density at radius 3 is 2.84 bits per heavy atom. The molecule has 0 spiro atoms. The summed E-state index contributed by atoms with van der Waals surface area (Å²) in [6, 6.07) is 13.0. The smallest absolute Gasteiger partial charge is 0.268 e. The van der Waals surface area contributed by atoms with Crippen molar-refractivity contribution in [1.29, 1.82) is 0 Å². The molecule has 3 aromatic rings. The Labute approximate surface area is 144 Å². The largest absolute Gasteiger partial charge is 0.350 e. The van der Waals surface area contributed by atoms with Crippen LogP contribution < -0.4 is 10.6 Å². The molecule has 3 N–H and O–H groups in total. The summed E-state index contributed by atoms with van der Waals surface area (Å²) in [5.74, 6) is 0.174. The Morgan fingerprint density at radius 1 is 1.16 bits per heavy atom. The fourth-order valence-electron chi connectivity index (χ4n) is 3.06. The number of carbonyl (C=O) groups excluding carboxylic acids is 2. The van der Waals surface area contributed by atoms with Crippen molar-refractivity contribution in [2.75, 3.05) is 11.9 Å². The van der Waals surface area contributed by atoms with E-state index in [-0.39, 0.29) is 18.2 Å². The summed E-state index contributed by atoms with van der Waals surface area (Å²) in [6.07, 6.45) is 3.68. The molecular formula is C19H16N4O2. The van der Waals surface area contributed by atoms with E-state index in [1.165, 1.54) is 0 Å². The quantitative estimate of drug-likeness (QED) is 0.689. The van der Waals surface area contributed by atoms with Crippen molar-refractivity contribution >= 4 is 34.1 Å². The fraction of sp³-hybridized carbons (Fsp3) is 0.105. The highest BCUT2D eigenvalue weighted by molar-refractivity contribution is 6.10. The zero-order chi connectivity index (χ0) is 17.2. The number of fused-ring (bicyclic) bond motifs is 3. The molecule has 0 radical (unpaired) electrons. The highest BCUT2D eigenvalue weighted by Gasteiger charge is 2.23. The van der Waals surface area contributed by atoms with Gasteiger partial charge in [-0.15, -0.1) is 0 Å². The van der Waals surface area contributed by atoms with Gasteiger partial charge in [0.25, 0.3) is 5.91 Å². The van der Waals surface area contributed by atoms with E-state index in [2.05, 4.69) is 20.6 Å². The van der Waals surface area contributed by atoms with E-state index in [0.29, 0.717) is 18.1 Å². The summed E-state index contributed by atoms with van der Waals surface area (Å²) in [5, 5.41) is 6.55. The Bertz CT molecular complexity index is 989. The van der Waals surface area contributed by atoms with E-state index in [1.807, 2.05) is 36.4 Å². The van der Waals surface area contributed by atoms with Gasteiger partial charge in [-0.05, 0) is 23.8 Å². The summed E-state index contributed by atoms with van der Waals surface area (Å²) in [4.78, 5) is 32.0. The van der Waals surface area contributed by atoms with E-state index in [0.717, 1.165) is 22.0 Å². The second-order valence-electron chi connectivity index (χ2n) is 5.80. The lowest BCUT2D eigenvalue weighted by Crippen LogP contribution is -2.22. The van der Waals surface area contributed by atoms with Crippen LogP contribution in [0.3, 0.4) is 0 Å². The van der Waals surface area contributed by atoms with Gasteiger partial charge in [0, 0.05) is 29.2 Å². The first kappa shape index (κ1) is 15.1. The first-order valence-electron chi connectivity index (χ1n) is 8.01. The molecule has 0 bridgehead atoms. The summed E-state index contributed by atoms with van der Waals surface area (Å²) in [5.41, 5.74) is 2.98. The summed E-state index contributed by atoms with van der Waals surface area (Å²) < 4.78 is 0. The van der Waals surface area contributed by atoms with Gasteiger partial charge < -0.3 is 15.6 Å². The van der Waals surface area contributed by atoms with Gasteiger partial charge in [-0.1, -0.05) is 30.3 Å². The number of amides is 2. The third kappa shape index (κ3) is 2.89. The monoisotopic (exact) mass is 332 g/mol. The average Bonchev–Trinajstić information content (AvgIpc) is 2.94. The molecule has 1 aliphatic rings. The van der Waals surface area contributed by atoms with E-state index in [1.54, 1.807) is 18.3 Å². The lowest BCUT2D eigenvalue weighted by Gasteiger charge is -2.08. The Morgan fingerprint density at radius 2 is 2.00 bits per heavy atom. The number of carbonyl (C=O) groups is 2. The van der Waals surface area contributed by atoms with E-state index < -0.39 is 0 Å². The van der Waals surface area contributed by atoms with Gasteiger partial charge in [0.15, 0.2) is 0 Å². The van der Waals surface area contributed by atoms with Crippen LogP contribution in [0, 0.1) is 0 Å². The third-order valence-corrected chi connectivity index (χ3v) is 4.15. The molecular weight excluding hydrogens is 316 g/mol. The van der Waals surface area contributed by atoms with Gasteiger partial charge in [0.2, 0.25) is 5.91 Å². The standard InChI is InChI=1S/C19H16N4O2/c24-16(23-15-7-3-4-9-20-15)11-12-8-10-21-19(25)18-17(12)13-5-1-2-6-14(13)22-18/h1-9,22H,10-11H2,(H,21,25)(H,20,23,24). The van der Waals surface area contributed by atoms with Gasteiger partial charge in [-0.2, -0.15) is 0 Å². The molecule has 1 aliphatic heterocycles. The summed E-state index contributed by atoms with van der Waals surface area (Å²) >= 11 is 0. The van der Waals surface area contributed by atoms with Crippen molar-refractivity contribution in [3.05, 3.63) is 66.0 Å². The minimum absolute atomic E-state index is 0.164. The van der Waals surface area contributed by atoms with Crippen LogP contribution in [0.5, 0.6) is 0 Å². The molecule has 25 heavy (non-hydrogen) atoms. The van der Waals surface area contributed by atoms with Gasteiger partial charge in [0.05, 0.1) is 6.42 Å². The molecule has 0 unspecified atom stereocenters. The third-order valence-electron chi connectivity index (χ3n) is 4.15. The maximum absolute atomic E-state index is 12.4. The lowest BCUT2D eigenvalue weighted by atomic mass is 9.99. The van der Waals surface area contributed by atoms with Crippen LogP contribution in [0.1, 0.15) is 22.5 Å². The second kappa shape index (κ2) is 6.24. The van der Waals surface area contributed by atoms with E-state index in [9.17, 15) is 9.59 Å². The number of hydrogen-bond donors (Lipinski definition) is 3. The number of benzene rings is 1. The predicted molar refractivity (Wildman–Crippen MR) is 96.1 cm³/mol. The Kier molecular flexibility index (Phi) is 3.78. The highest BCUT2D eigenvalue weighted by Crippen LogP contribution is 2.32. The number of rotatable bonds is 3. The molecule has 0 saturated heterocycles. The molecule has 2 aromatic heterocycles. The van der Waals surface area contributed by atoms with Crippen molar-refractivity contribution in [3.8, 4) is 0 Å². The van der Waals surface area contributed by atoms with Crippen molar-refractivity contribution in [3.63, 3.8) is 0 Å². The van der Waals surface area contributed by atoms with Crippen molar-refractivity contribution in [2.24, 2.45) is 0 Å². The molecule has 2 amide bonds. The van der Waals surface area contributed by atoms with Crippen LogP contribution in [-0.2, 0) is 4.79 Å². The van der Waals surface area contributed by atoms with Crippen molar-refractivity contribution < 1.29 is 9.59 Å². The Balaban J connectivity index is 1.68. The predicted octanol–water partition coefficient (Wildman–Crippen LogP) is 2.72. The number of pyridine rings is 1. The number of aromatic amines is 1. The SMILES string of the molecule is O=C(CC1=CCNC(=O)c2[nH]c3ccccc3c21)Nc1ccccn1. The van der Waals surface area contributed by atoms with Crippen LogP contribution in [0.2, 0.25) is 0 Å². The van der Waals surface area contributed by atoms with Gasteiger partial charge >= 0.3 is 0 Å². The molecule has 6 nitrogen and oxygen atoms in total. The average molecular weight is 332 g/mol. The zero-order valence-electron chi connectivity index (χ0n) is 13.4. The minimum atomic E-state index is -0.171. The van der Waals surface area contributed by atoms with Gasteiger partial charge in [-0.25, -0.2) is 4.98 Å². The van der Waals surface area contributed by atoms with Crippen LogP contribution in [-0.4, -0.2) is 28.3 Å². The number of anilines is 1.